The molecule has 9 aromatic rings. The normalized spacial score (nSPS) is 13.4. The molecule has 0 fully saturated rings. The first-order valence-electron chi connectivity index (χ1n) is 20.9. The molecule has 0 bridgehead atoms. The van der Waals surface area contributed by atoms with Crippen LogP contribution in [0.4, 0.5) is 34.1 Å². The highest BCUT2D eigenvalue weighted by Gasteiger charge is 2.60. The Morgan fingerprint density at radius 3 is 1.27 bits per heavy atom. The van der Waals surface area contributed by atoms with Crippen molar-refractivity contribution >= 4 is 82.6 Å². The quantitative estimate of drug-likeness (QED) is 0.112. The van der Waals surface area contributed by atoms with Gasteiger partial charge in [-0.25, -0.2) is 0 Å². The zero-order valence-corrected chi connectivity index (χ0v) is 36.9. The molecule has 0 aliphatic heterocycles. The first-order valence-corrected chi connectivity index (χ1v) is 27.9. The molecule has 4 heteroatoms. The van der Waals surface area contributed by atoms with Gasteiger partial charge in [-0.05, 0) is 133 Å². The number of anilines is 6. The minimum Gasteiger partial charge on any atom is -0.310 e. The summed E-state index contributed by atoms with van der Waals surface area (Å²) in [6.07, 6.45) is 0. The van der Waals surface area contributed by atoms with E-state index in [-0.39, 0.29) is 4.66 Å². The molecule has 10 rings (SSSR count). The van der Waals surface area contributed by atoms with Crippen LogP contribution in [-0.2, 0) is 4.66 Å². The van der Waals surface area contributed by atoms with E-state index in [4.69, 9.17) is 0 Å². The average Bonchev–Trinajstić information content (AvgIpc) is 3.57. The molecular formula is C55H50N2Si2. The fraction of sp³-hybridized carbons (Fsp3) is 0.127. The lowest BCUT2D eigenvalue weighted by Crippen LogP contribution is -2.63. The van der Waals surface area contributed by atoms with Crippen molar-refractivity contribution in [2.75, 3.05) is 9.80 Å². The van der Waals surface area contributed by atoms with Gasteiger partial charge in [0.15, 0.2) is 0 Å². The van der Waals surface area contributed by atoms with Crippen LogP contribution in [0.15, 0.2) is 194 Å². The van der Waals surface area contributed by atoms with Gasteiger partial charge in [-0.2, -0.15) is 0 Å². The maximum absolute atomic E-state index is 2.64. The number of hydrogen-bond acceptors (Lipinski definition) is 2. The van der Waals surface area contributed by atoms with E-state index in [0.717, 1.165) is 22.7 Å². The Labute approximate surface area is 351 Å². The number of para-hydroxylation sites is 4. The molecule has 59 heavy (non-hydrogen) atoms. The second-order valence-corrected chi connectivity index (χ2v) is 29.2. The number of benzene rings is 9. The van der Waals surface area contributed by atoms with Crippen molar-refractivity contribution < 1.29 is 0 Å². The summed E-state index contributed by atoms with van der Waals surface area (Å²) in [6, 6.07) is 71.9. The molecule has 0 N–H and O–H groups in total. The van der Waals surface area contributed by atoms with E-state index in [2.05, 4.69) is 243 Å². The van der Waals surface area contributed by atoms with Gasteiger partial charge in [0, 0.05) is 38.8 Å². The molecule has 0 aromatic heterocycles. The van der Waals surface area contributed by atoms with Crippen LogP contribution in [0.5, 0.6) is 0 Å². The van der Waals surface area contributed by atoms with Crippen LogP contribution in [0.25, 0.3) is 43.4 Å². The molecule has 1 aliphatic carbocycles. The van der Waals surface area contributed by atoms with E-state index in [1.807, 2.05) is 0 Å². The van der Waals surface area contributed by atoms with E-state index in [1.165, 1.54) is 54.8 Å². The smallest absolute Gasteiger partial charge is 0.0579 e. The van der Waals surface area contributed by atoms with Crippen LogP contribution in [0.1, 0.15) is 11.1 Å². The SMILES string of the molecule is C[Si](C)(C)C1([Si](C)(C)C)c2cc3cc(N(c4ccccc4)c4ccccc4)ccc3cc2-c2c1c1ccc(N(c3ccccc3)c3ccccc3)cc1c1ccccc21. The molecule has 0 spiro atoms. The first kappa shape index (κ1) is 37.1. The van der Waals surface area contributed by atoms with Crippen molar-refractivity contribution in [3.05, 3.63) is 205 Å². The Morgan fingerprint density at radius 1 is 0.339 bits per heavy atom. The van der Waals surface area contributed by atoms with Crippen LogP contribution in [0, 0.1) is 0 Å². The van der Waals surface area contributed by atoms with Gasteiger partial charge in [0.1, 0.15) is 0 Å². The number of nitrogens with zero attached hydrogens (tertiary/aromatic N) is 2. The fourth-order valence-electron chi connectivity index (χ4n) is 10.9. The molecule has 2 nitrogen and oxygen atoms in total. The van der Waals surface area contributed by atoms with Gasteiger partial charge >= 0.3 is 0 Å². The largest absolute Gasteiger partial charge is 0.310 e. The lowest BCUT2D eigenvalue weighted by atomic mass is 9.90. The Balaban J connectivity index is 1.26. The average molecular weight is 795 g/mol. The van der Waals surface area contributed by atoms with Crippen molar-refractivity contribution in [2.45, 2.75) is 43.9 Å². The molecule has 0 saturated carbocycles. The molecule has 0 atom stereocenters. The lowest BCUT2D eigenvalue weighted by Gasteiger charge is -2.51. The summed E-state index contributed by atoms with van der Waals surface area (Å²) >= 11 is 0. The third-order valence-electron chi connectivity index (χ3n) is 12.8. The highest BCUT2D eigenvalue weighted by Crippen LogP contribution is 2.62. The van der Waals surface area contributed by atoms with Crippen LogP contribution in [-0.4, -0.2) is 16.1 Å². The van der Waals surface area contributed by atoms with Crippen molar-refractivity contribution in [3.8, 4) is 11.1 Å². The topological polar surface area (TPSA) is 6.48 Å². The molecule has 0 amide bonds. The summed E-state index contributed by atoms with van der Waals surface area (Å²) in [6.45, 7) is 15.8. The standard InChI is InChI=1S/C55H50N2Si2/c1-58(2,3)55(59(4,5)6)52-37-40-35-45(56(41-21-11-7-12-22-41)42-23-13-8-14-24-42)32-31-39(40)36-51(52)53-48-30-20-19-29-47(48)50-38-46(33-34-49(50)54(53)55)57(43-25-15-9-16-26-43)44-27-17-10-18-28-44/h7-38H,1-6H3. The Bertz CT molecular complexity index is 2910. The summed E-state index contributed by atoms with van der Waals surface area (Å²) in [4.78, 5) is 4.79. The number of hydrogen-bond donors (Lipinski definition) is 0. The molecule has 1 aliphatic rings. The first-order chi connectivity index (χ1) is 28.6. The summed E-state index contributed by atoms with van der Waals surface area (Å²) in [5.74, 6) is 0. The van der Waals surface area contributed by atoms with Gasteiger partial charge in [0.05, 0.1) is 16.1 Å². The van der Waals surface area contributed by atoms with E-state index in [1.54, 1.807) is 11.1 Å². The molecule has 288 valence electrons. The van der Waals surface area contributed by atoms with Gasteiger partial charge in [0.25, 0.3) is 0 Å². The van der Waals surface area contributed by atoms with E-state index in [0.29, 0.717) is 0 Å². The Kier molecular flexibility index (Phi) is 8.78. The second-order valence-electron chi connectivity index (χ2n) is 18.2. The molecule has 0 radical (unpaired) electrons. The summed E-state index contributed by atoms with van der Waals surface area (Å²) in [5.41, 5.74) is 12.9. The van der Waals surface area contributed by atoms with Crippen LogP contribution in [0.2, 0.25) is 39.3 Å². The van der Waals surface area contributed by atoms with Crippen molar-refractivity contribution in [1.82, 2.24) is 0 Å². The lowest BCUT2D eigenvalue weighted by molar-refractivity contribution is 0.965. The van der Waals surface area contributed by atoms with Gasteiger partial charge in [-0.1, -0.05) is 155 Å². The summed E-state index contributed by atoms with van der Waals surface area (Å²) in [5, 5.41) is 7.97. The van der Waals surface area contributed by atoms with Crippen LogP contribution in [0.3, 0.4) is 0 Å². The number of rotatable bonds is 8. The van der Waals surface area contributed by atoms with Crippen molar-refractivity contribution in [1.29, 1.82) is 0 Å². The highest BCUT2D eigenvalue weighted by atomic mass is 28.4. The van der Waals surface area contributed by atoms with Gasteiger partial charge in [-0.15, -0.1) is 0 Å². The summed E-state index contributed by atoms with van der Waals surface area (Å²) in [7, 11) is -4.09. The zero-order chi connectivity index (χ0) is 40.5. The highest BCUT2D eigenvalue weighted by molar-refractivity contribution is 7.00. The third kappa shape index (κ3) is 5.80. The van der Waals surface area contributed by atoms with Gasteiger partial charge in [0.2, 0.25) is 0 Å². The molecule has 9 aromatic carbocycles. The maximum Gasteiger partial charge on any atom is 0.0579 e. The minimum atomic E-state index is -2.04. The van der Waals surface area contributed by atoms with E-state index >= 15 is 0 Å². The Hall–Kier alpha value is -6.21. The fourth-order valence-corrected chi connectivity index (χ4v) is 24.0. The second kappa shape index (κ2) is 14.0. The summed E-state index contributed by atoms with van der Waals surface area (Å²) < 4.78 is -0.0598. The molecule has 0 heterocycles. The predicted octanol–water partition coefficient (Wildman–Crippen LogP) is 16.1. The third-order valence-corrected chi connectivity index (χ3v) is 22.9. The van der Waals surface area contributed by atoms with Gasteiger partial charge < -0.3 is 9.80 Å². The predicted molar refractivity (Wildman–Crippen MR) is 261 cm³/mol. The van der Waals surface area contributed by atoms with E-state index in [9.17, 15) is 0 Å². The molecule has 0 saturated heterocycles. The maximum atomic E-state index is 2.64. The Morgan fingerprint density at radius 2 is 0.780 bits per heavy atom. The monoisotopic (exact) mass is 794 g/mol. The van der Waals surface area contributed by atoms with Crippen LogP contribution < -0.4 is 9.80 Å². The van der Waals surface area contributed by atoms with Crippen molar-refractivity contribution in [3.63, 3.8) is 0 Å². The van der Waals surface area contributed by atoms with E-state index < -0.39 is 16.1 Å². The van der Waals surface area contributed by atoms with Crippen LogP contribution >= 0.6 is 0 Å². The number of fused-ring (bicyclic) bond motifs is 9. The van der Waals surface area contributed by atoms with Crippen molar-refractivity contribution in [2.24, 2.45) is 0 Å². The zero-order valence-electron chi connectivity index (χ0n) is 34.9. The van der Waals surface area contributed by atoms with Gasteiger partial charge in [-0.3, -0.25) is 0 Å². The molecule has 0 unspecified atom stereocenters. The molecular weight excluding hydrogens is 745 g/mol. The minimum absolute atomic E-state index is 0.0598.